The van der Waals surface area contributed by atoms with E-state index in [2.05, 4.69) is 10.3 Å². The molecule has 27 heavy (non-hydrogen) atoms. The van der Waals surface area contributed by atoms with Gasteiger partial charge in [-0.1, -0.05) is 36.8 Å². The van der Waals surface area contributed by atoms with Gasteiger partial charge in [-0.05, 0) is 43.7 Å². The first-order chi connectivity index (χ1) is 13.1. The third kappa shape index (κ3) is 3.41. The summed E-state index contributed by atoms with van der Waals surface area (Å²) in [6, 6.07) is 8.11. The molecule has 2 aromatic heterocycles. The van der Waals surface area contributed by atoms with Gasteiger partial charge in [0.1, 0.15) is 11.4 Å². The molecule has 0 saturated heterocycles. The number of nitrogens with one attached hydrogen (secondary N) is 1. The minimum atomic E-state index is -0.169. The molecule has 1 aliphatic carbocycles. The fraction of sp³-hybridized carbons (Fsp3) is 0.381. The molecule has 3 aromatic rings. The number of amides is 1. The highest BCUT2D eigenvalue weighted by molar-refractivity contribution is 7.18. The minimum absolute atomic E-state index is 0.00520. The number of carbonyl (C=O) groups is 1. The zero-order valence-corrected chi connectivity index (χ0v) is 16.4. The van der Waals surface area contributed by atoms with Crippen LogP contribution < -0.4 is 10.9 Å². The second-order valence-electron chi connectivity index (χ2n) is 7.15. The maximum absolute atomic E-state index is 12.9. The van der Waals surface area contributed by atoms with Crippen molar-refractivity contribution >= 4 is 27.5 Å². The van der Waals surface area contributed by atoms with Gasteiger partial charge in [-0.25, -0.2) is 4.98 Å². The van der Waals surface area contributed by atoms with Crippen molar-refractivity contribution in [3.8, 4) is 0 Å². The molecule has 1 aromatic carbocycles. The smallest absolute Gasteiger partial charge is 0.262 e. The van der Waals surface area contributed by atoms with E-state index in [1.54, 1.807) is 11.3 Å². The monoisotopic (exact) mass is 381 g/mol. The lowest BCUT2D eigenvalue weighted by atomic mass is 10.0. The van der Waals surface area contributed by atoms with E-state index in [4.69, 9.17) is 0 Å². The van der Waals surface area contributed by atoms with Gasteiger partial charge in [-0.15, -0.1) is 11.3 Å². The molecule has 0 spiro atoms. The molecule has 0 radical (unpaired) electrons. The standard InChI is InChI=1S/C21H23N3O2S/c1-3-16(14-9-7-13(2)8-10-14)23-18(25)11-24-12-22-20-19(21(24)26)15-5-4-6-17(15)27-20/h7-10,12,16H,3-6,11H2,1-2H3,(H,23,25)/t16-/m1/s1. The molecule has 140 valence electrons. The van der Waals surface area contributed by atoms with E-state index in [1.807, 2.05) is 38.1 Å². The van der Waals surface area contributed by atoms with Crippen molar-refractivity contribution in [1.82, 2.24) is 14.9 Å². The summed E-state index contributed by atoms with van der Waals surface area (Å²) in [5, 5.41) is 3.76. The quantitative estimate of drug-likeness (QED) is 0.735. The molecule has 6 heteroatoms. The fourth-order valence-corrected chi connectivity index (χ4v) is 4.97. The molecular weight excluding hydrogens is 358 g/mol. The predicted molar refractivity (Wildman–Crippen MR) is 108 cm³/mol. The van der Waals surface area contributed by atoms with Crippen LogP contribution in [-0.4, -0.2) is 15.5 Å². The Hall–Kier alpha value is -2.47. The van der Waals surface area contributed by atoms with Crippen LogP contribution in [0.4, 0.5) is 0 Å². The Bertz CT molecular complexity index is 1050. The predicted octanol–water partition coefficient (Wildman–Crippen LogP) is 3.52. The molecule has 0 saturated carbocycles. The Kier molecular flexibility index (Phi) is 4.83. The average Bonchev–Trinajstić information content (AvgIpc) is 3.24. The molecule has 0 fully saturated rings. The van der Waals surface area contributed by atoms with Gasteiger partial charge in [0.15, 0.2) is 0 Å². The Morgan fingerprint density at radius 3 is 2.81 bits per heavy atom. The van der Waals surface area contributed by atoms with Crippen LogP contribution in [0.2, 0.25) is 0 Å². The van der Waals surface area contributed by atoms with Gasteiger partial charge >= 0.3 is 0 Å². The fourth-order valence-electron chi connectivity index (χ4n) is 3.75. The topological polar surface area (TPSA) is 64.0 Å². The van der Waals surface area contributed by atoms with E-state index in [0.717, 1.165) is 41.6 Å². The molecule has 0 unspecified atom stereocenters. The van der Waals surface area contributed by atoms with Crippen LogP contribution in [0.15, 0.2) is 35.4 Å². The van der Waals surface area contributed by atoms with E-state index in [1.165, 1.54) is 21.3 Å². The summed E-state index contributed by atoms with van der Waals surface area (Å²) in [5.74, 6) is -0.169. The molecule has 1 atom stereocenters. The van der Waals surface area contributed by atoms with Crippen LogP contribution in [-0.2, 0) is 24.2 Å². The van der Waals surface area contributed by atoms with Gasteiger partial charge in [-0.3, -0.25) is 14.2 Å². The zero-order chi connectivity index (χ0) is 19.0. The van der Waals surface area contributed by atoms with Crippen LogP contribution in [0.1, 0.15) is 47.4 Å². The van der Waals surface area contributed by atoms with Crippen LogP contribution in [0, 0.1) is 6.92 Å². The summed E-state index contributed by atoms with van der Waals surface area (Å²) < 4.78 is 1.44. The van der Waals surface area contributed by atoms with E-state index < -0.39 is 0 Å². The molecule has 2 heterocycles. The molecule has 0 aliphatic heterocycles. The Labute approximate surface area is 162 Å². The second-order valence-corrected chi connectivity index (χ2v) is 8.24. The number of hydrogen-bond donors (Lipinski definition) is 1. The maximum Gasteiger partial charge on any atom is 0.262 e. The molecule has 1 amide bonds. The first kappa shape index (κ1) is 17.9. The van der Waals surface area contributed by atoms with E-state index in [-0.39, 0.29) is 24.1 Å². The highest BCUT2D eigenvalue weighted by atomic mass is 32.1. The highest BCUT2D eigenvalue weighted by Crippen LogP contribution is 2.34. The van der Waals surface area contributed by atoms with Gasteiger partial charge in [-0.2, -0.15) is 0 Å². The Balaban J connectivity index is 1.55. The SMILES string of the molecule is CC[C@@H](NC(=O)Cn1cnc2sc3c(c2c1=O)CCC3)c1ccc(C)cc1. The van der Waals surface area contributed by atoms with E-state index >= 15 is 0 Å². The van der Waals surface area contributed by atoms with Gasteiger partial charge in [0.25, 0.3) is 5.56 Å². The summed E-state index contributed by atoms with van der Waals surface area (Å²) >= 11 is 1.62. The minimum Gasteiger partial charge on any atom is -0.348 e. The zero-order valence-electron chi connectivity index (χ0n) is 15.6. The summed E-state index contributed by atoms with van der Waals surface area (Å²) in [6.07, 6.45) is 5.36. The summed E-state index contributed by atoms with van der Waals surface area (Å²) in [6.45, 7) is 4.08. The van der Waals surface area contributed by atoms with Crippen molar-refractivity contribution in [1.29, 1.82) is 0 Å². The van der Waals surface area contributed by atoms with Gasteiger partial charge in [0.05, 0.1) is 17.8 Å². The number of carbonyl (C=O) groups excluding carboxylic acids is 1. The number of aromatic nitrogens is 2. The third-order valence-electron chi connectivity index (χ3n) is 5.23. The average molecular weight is 382 g/mol. The normalized spacial score (nSPS) is 14.3. The van der Waals surface area contributed by atoms with Gasteiger partial charge in [0.2, 0.25) is 5.91 Å². The second kappa shape index (κ2) is 7.27. The maximum atomic E-state index is 12.9. The van der Waals surface area contributed by atoms with Crippen LogP contribution in [0.3, 0.4) is 0 Å². The van der Waals surface area contributed by atoms with Gasteiger partial charge < -0.3 is 5.32 Å². The Morgan fingerprint density at radius 2 is 2.07 bits per heavy atom. The number of rotatable bonds is 5. The van der Waals surface area contributed by atoms with Crippen molar-refractivity contribution in [3.63, 3.8) is 0 Å². The lowest BCUT2D eigenvalue weighted by Gasteiger charge is -2.18. The van der Waals surface area contributed by atoms with Crippen LogP contribution in [0.25, 0.3) is 10.2 Å². The van der Waals surface area contributed by atoms with Crippen LogP contribution >= 0.6 is 11.3 Å². The summed E-state index contributed by atoms with van der Waals surface area (Å²) in [4.78, 5) is 32.0. The summed E-state index contributed by atoms with van der Waals surface area (Å²) in [7, 11) is 0. The van der Waals surface area contributed by atoms with Crippen molar-refractivity contribution in [3.05, 3.63) is 62.5 Å². The largest absolute Gasteiger partial charge is 0.348 e. The number of hydrogen-bond acceptors (Lipinski definition) is 4. The van der Waals surface area contributed by atoms with Crippen molar-refractivity contribution in [2.75, 3.05) is 0 Å². The van der Waals surface area contributed by atoms with E-state index in [9.17, 15) is 9.59 Å². The highest BCUT2D eigenvalue weighted by Gasteiger charge is 2.22. The lowest BCUT2D eigenvalue weighted by Crippen LogP contribution is -2.34. The van der Waals surface area contributed by atoms with Crippen molar-refractivity contribution in [2.45, 2.75) is 52.1 Å². The number of fused-ring (bicyclic) bond motifs is 3. The number of nitrogens with zero attached hydrogens (tertiary/aromatic N) is 2. The molecule has 5 nitrogen and oxygen atoms in total. The Morgan fingerprint density at radius 1 is 1.30 bits per heavy atom. The van der Waals surface area contributed by atoms with Crippen molar-refractivity contribution < 1.29 is 4.79 Å². The van der Waals surface area contributed by atoms with Crippen LogP contribution in [0.5, 0.6) is 0 Å². The molecule has 1 N–H and O–H groups in total. The van der Waals surface area contributed by atoms with Crippen molar-refractivity contribution in [2.24, 2.45) is 0 Å². The number of thiophene rings is 1. The first-order valence-electron chi connectivity index (χ1n) is 9.42. The molecule has 0 bridgehead atoms. The number of benzene rings is 1. The molecular formula is C21H23N3O2S. The molecule has 1 aliphatic rings. The first-order valence-corrected chi connectivity index (χ1v) is 10.2. The lowest BCUT2D eigenvalue weighted by molar-refractivity contribution is -0.122. The van der Waals surface area contributed by atoms with E-state index in [0.29, 0.717) is 5.39 Å². The van der Waals surface area contributed by atoms with Gasteiger partial charge in [0, 0.05) is 4.88 Å². The number of aryl methyl sites for hydroxylation is 3. The third-order valence-corrected chi connectivity index (χ3v) is 6.43. The molecule has 4 rings (SSSR count). The summed E-state index contributed by atoms with van der Waals surface area (Å²) in [5.41, 5.74) is 3.31.